The molecule has 1 aromatic heterocycles. The quantitative estimate of drug-likeness (QED) is 0.725. The van der Waals surface area contributed by atoms with E-state index in [1.807, 2.05) is 12.1 Å². The largest absolute Gasteiger partial charge is 0.460 e. The van der Waals surface area contributed by atoms with Crippen LogP contribution in [0.25, 0.3) is 11.3 Å². The molecule has 0 aliphatic carbocycles. The van der Waals surface area contributed by atoms with Crippen molar-refractivity contribution in [3.63, 3.8) is 0 Å². The molecule has 0 spiro atoms. The predicted octanol–water partition coefficient (Wildman–Crippen LogP) is 3.99. The molecule has 0 aliphatic heterocycles. The molecule has 0 saturated carbocycles. The molecule has 0 amide bonds. The van der Waals surface area contributed by atoms with Gasteiger partial charge in [0.25, 0.3) is 0 Å². The van der Waals surface area contributed by atoms with Crippen LogP contribution in [0.4, 0.5) is 4.39 Å². The third-order valence-corrected chi connectivity index (χ3v) is 3.47. The SMILES string of the molecule is OCCCCCNCc1ccc(-c2ccc(F)c(Cl)c2)o1. The average Bonchev–Trinajstić information content (AvgIpc) is 2.94. The molecule has 0 fully saturated rings. The minimum atomic E-state index is -0.434. The Morgan fingerprint density at radius 3 is 2.76 bits per heavy atom. The number of aliphatic hydroxyl groups is 1. The highest BCUT2D eigenvalue weighted by Gasteiger charge is 2.07. The zero-order valence-electron chi connectivity index (χ0n) is 11.7. The summed E-state index contributed by atoms with van der Waals surface area (Å²) in [7, 11) is 0. The zero-order chi connectivity index (χ0) is 15.1. The lowest BCUT2D eigenvalue weighted by atomic mass is 10.2. The van der Waals surface area contributed by atoms with Crippen LogP contribution in [0.5, 0.6) is 0 Å². The van der Waals surface area contributed by atoms with E-state index in [-0.39, 0.29) is 11.6 Å². The maximum Gasteiger partial charge on any atom is 0.141 e. The molecule has 114 valence electrons. The molecule has 0 saturated heterocycles. The van der Waals surface area contributed by atoms with E-state index in [1.54, 1.807) is 12.1 Å². The molecule has 0 atom stereocenters. The lowest BCUT2D eigenvalue weighted by Gasteiger charge is -2.02. The van der Waals surface area contributed by atoms with E-state index in [0.29, 0.717) is 12.3 Å². The van der Waals surface area contributed by atoms with Gasteiger partial charge in [0.2, 0.25) is 0 Å². The van der Waals surface area contributed by atoms with Gasteiger partial charge in [-0.15, -0.1) is 0 Å². The van der Waals surface area contributed by atoms with Crippen LogP contribution < -0.4 is 5.32 Å². The summed E-state index contributed by atoms with van der Waals surface area (Å²) in [4.78, 5) is 0. The average molecular weight is 312 g/mol. The third kappa shape index (κ3) is 4.84. The van der Waals surface area contributed by atoms with Crippen LogP contribution in [0, 0.1) is 5.82 Å². The molecule has 21 heavy (non-hydrogen) atoms. The van der Waals surface area contributed by atoms with Crippen molar-refractivity contribution in [1.29, 1.82) is 0 Å². The van der Waals surface area contributed by atoms with Gasteiger partial charge < -0.3 is 14.8 Å². The second-order valence-electron chi connectivity index (χ2n) is 4.86. The predicted molar refractivity (Wildman–Crippen MR) is 81.8 cm³/mol. The van der Waals surface area contributed by atoms with Gasteiger partial charge in [0, 0.05) is 12.2 Å². The molecule has 2 rings (SSSR count). The molecule has 5 heteroatoms. The van der Waals surface area contributed by atoms with E-state index in [0.717, 1.165) is 37.1 Å². The minimum absolute atomic E-state index is 0.0902. The molecule has 0 aliphatic rings. The Hall–Kier alpha value is -1.36. The smallest absolute Gasteiger partial charge is 0.141 e. The van der Waals surface area contributed by atoms with Crippen molar-refractivity contribution >= 4 is 11.6 Å². The molecule has 3 nitrogen and oxygen atoms in total. The van der Waals surface area contributed by atoms with Crippen molar-refractivity contribution in [2.45, 2.75) is 25.8 Å². The summed E-state index contributed by atoms with van der Waals surface area (Å²) in [5, 5.41) is 12.1. The van der Waals surface area contributed by atoms with Crippen LogP contribution in [0.2, 0.25) is 5.02 Å². The van der Waals surface area contributed by atoms with Gasteiger partial charge >= 0.3 is 0 Å². The van der Waals surface area contributed by atoms with Crippen molar-refractivity contribution in [3.8, 4) is 11.3 Å². The second kappa shape index (κ2) is 8.17. The molecule has 0 radical (unpaired) electrons. The lowest BCUT2D eigenvalue weighted by Crippen LogP contribution is -2.14. The molecule has 1 aromatic carbocycles. The van der Waals surface area contributed by atoms with E-state index in [9.17, 15) is 4.39 Å². The molecule has 2 aromatic rings. The molecular weight excluding hydrogens is 293 g/mol. The van der Waals surface area contributed by atoms with Gasteiger partial charge in [-0.2, -0.15) is 0 Å². The Bertz CT molecular complexity index is 571. The van der Waals surface area contributed by atoms with E-state index < -0.39 is 5.82 Å². The molecule has 1 heterocycles. The Morgan fingerprint density at radius 2 is 2.00 bits per heavy atom. The summed E-state index contributed by atoms with van der Waals surface area (Å²) >= 11 is 5.77. The maximum atomic E-state index is 13.1. The Balaban J connectivity index is 1.85. The Labute approximate surface area is 128 Å². The first-order chi connectivity index (χ1) is 10.2. The number of furan rings is 1. The molecule has 0 bridgehead atoms. The van der Waals surface area contributed by atoms with E-state index in [1.165, 1.54) is 6.07 Å². The summed E-state index contributed by atoms with van der Waals surface area (Å²) in [5.41, 5.74) is 0.760. The van der Waals surface area contributed by atoms with Crippen molar-refractivity contribution in [2.24, 2.45) is 0 Å². The third-order valence-electron chi connectivity index (χ3n) is 3.18. The summed E-state index contributed by atoms with van der Waals surface area (Å²) < 4.78 is 18.8. The van der Waals surface area contributed by atoms with Gasteiger partial charge in [0.05, 0.1) is 11.6 Å². The topological polar surface area (TPSA) is 45.4 Å². The fourth-order valence-corrected chi connectivity index (χ4v) is 2.21. The highest BCUT2D eigenvalue weighted by Crippen LogP contribution is 2.26. The first-order valence-corrected chi connectivity index (χ1v) is 7.44. The number of unbranched alkanes of at least 4 members (excludes halogenated alkanes) is 2. The highest BCUT2D eigenvalue weighted by atomic mass is 35.5. The van der Waals surface area contributed by atoms with Gasteiger partial charge in [0.1, 0.15) is 17.3 Å². The molecular formula is C16H19ClFNO2. The monoisotopic (exact) mass is 311 g/mol. The normalized spacial score (nSPS) is 11.0. The van der Waals surface area contributed by atoms with Gasteiger partial charge in [-0.3, -0.25) is 0 Å². The number of hydrogen-bond donors (Lipinski definition) is 2. The minimum Gasteiger partial charge on any atom is -0.460 e. The van der Waals surface area contributed by atoms with Crippen LogP contribution in [0.15, 0.2) is 34.7 Å². The lowest BCUT2D eigenvalue weighted by molar-refractivity contribution is 0.282. The summed E-state index contributed by atoms with van der Waals surface area (Å²) in [6.07, 6.45) is 2.89. The summed E-state index contributed by atoms with van der Waals surface area (Å²) in [6, 6.07) is 8.28. The van der Waals surface area contributed by atoms with Gasteiger partial charge in [-0.1, -0.05) is 11.6 Å². The number of halogens is 2. The number of hydrogen-bond acceptors (Lipinski definition) is 3. The number of aliphatic hydroxyl groups excluding tert-OH is 1. The summed E-state index contributed by atoms with van der Waals surface area (Å²) in [5.74, 6) is 1.07. The first kappa shape index (κ1) is 16.0. The number of benzene rings is 1. The van der Waals surface area contributed by atoms with Crippen molar-refractivity contribution in [1.82, 2.24) is 5.32 Å². The van der Waals surface area contributed by atoms with Crippen molar-refractivity contribution in [3.05, 3.63) is 46.9 Å². The van der Waals surface area contributed by atoms with Crippen molar-refractivity contribution in [2.75, 3.05) is 13.2 Å². The second-order valence-corrected chi connectivity index (χ2v) is 5.26. The van der Waals surface area contributed by atoms with E-state index in [2.05, 4.69) is 5.32 Å². The number of nitrogens with one attached hydrogen (secondary N) is 1. The van der Waals surface area contributed by atoms with Gasteiger partial charge in [0.15, 0.2) is 0 Å². The van der Waals surface area contributed by atoms with Crippen LogP contribution in [-0.4, -0.2) is 18.3 Å². The first-order valence-electron chi connectivity index (χ1n) is 7.06. The standard InChI is InChI=1S/C16H19ClFNO2/c17-14-10-12(4-6-15(14)18)16-7-5-13(21-16)11-19-8-2-1-3-9-20/h4-7,10,19-20H,1-3,8-9,11H2. The molecule has 0 unspecified atom stereocenters. The van der Waals surface area contributed by atoms with E-state index in [4.69, 9.17) is 21.1 Å². The fraction of sp³-hybridized carbons (Fsp3) is 0.375. The van der Waals surface area contributed by atoms with Crippen LogP contribution in [0.3, 0.4) is 0 Å². The number of rotatable bonds is 8. The highest BCUT2D eigenvalue weighted by molar-refractivity contribution is 6.31. The van der Waals surface area contributed by atoms with Crippen LogP contribution in [0.1, 0.15) is 25.0 Å². The Kier molecular flexibility index (Phi) is 6.23. The van der Waals surface area contributed by atoms with Crippen LogP contribution in [-0.2, 0) is 6.54 Å². The maximum absolute atomic E-state index is 13.1. The zero-order valence-corrected chi connectivity index (χ0v) is 12.5. The fourth-order valence-electron chi connectivity index (χ4n) is 2.03. The van der Waals surface area contributed by atoms with Crippen molar-refractivity contribution < 1.29 is 13.9 Å². The van der Waals surface area contributed by atoms with Crippen LogP contribution >= 0.6 is 11.6 Å². The summed E-state index contributed by atoms with van der Waals surface area (Å²) in [6.45, 7) is 1.79. The van der Waals surface area contributed by atoms with Gasteiger partial charge in [-0.05, 0) is 56.1 Å². The van der Waals surface area contributed by atoms with Gasteiger partial charge in [-0.25, -0.2) is 4.39 Å². The Morgan fingerprint density at radius 1 is 1.14 bits per heavy atom. The molecule has 2 N–H and O–H groups in total. The van der Waals surface area contributed by atoms with E-state index >= 15 is 0 Å².